The molecule has 0 atom stereocenters. The molecule has 0 aliphatic heterocycles. The molecule has 0 spiro atoms. The average Bonchev–Trinajstić information content (AvgIpc) is 2.46. The minimum Gasteiger partial charge on any atom is -0.435 e. The quantitative estimate of drug-likeness (QED) is 0.915. The Labute approximate surface area is 121 Å². The van der Waals surface area contributed by atoms with E-state index >= 15 is 0 Å². The Hall–Kier alpha value is -2.43. The molecule has 0 unspecified atom stereocenters. The highest BCUT2D eigenvalue weighted by Crippen LogP contribution is 2.14. The van der Waals surface area contributed by atoms with Gasteiger partial charge in [-0.15, -0.1) is 0 Å². The van der Waals surface area contributed by atoms with Gasteiger partial charge in [-0.05, 0) is 36.8 Å². The van der Waals surface area contributed by atoms with Crippen LogP contribution in [0.3, 0.4) is 0 Å². The van der Waals surface area contributed by atoms with Crippen molar-refractivity contribution in [2.45, 2.75) is 20.1 Å². The van der Waals surface area contributed by atoms with E-state index < -0.39 is 6.61 Å². The fourth-order valence-corrected chi connectivity index (χ4v) is 1.78. The molecule has 0 aliphatic carbocycles. The maximum absolute atomic E-state index is 12.0. The van der Waals surface area contributed by atoms with E-state index in [2.05, 4.69) is 10.1 Å². The second-order valence-electron chi connectivity index (χ2n) is 4.57. The van der Waals surface area contributed by atoms with E-state index in [0.29, 0.717) is 12.1 Å². The van der Waals surface area contributed by atoms with Crippen LogP contribution >= 0.6 is 0 Å². The van der Waals surface area contributed by atoms with Crippen molar-refractivity contribution in [2.24, 2.45) is 0 Å². The second-order valence-corrected chi connectivity index (χ2v) is 4.57. The zero-order valence-electron chi connectivity index (χ0n) is 11.5. The first kappa shape index (κ1) is 15.0. The number of carbonyl (C=O) groups is 1. The van der Waals surface area contributed by atoms with Crippen LogP contribution in [0, 0.1) is 6.92 Å². The first-order valence-corrected chi connectivity index (χ1v) is 6.43. The first-order valence-electron chi connectivity index (χ1n) is 6.43. The van der Waals surface area contributed by atoms with Crippen molar-refractivity contribution in [1.29, 1.82) is 0 Å². The van der Waals surface area contributed by atoms with Crippen molar-refractivity contribution < 1.29 is 18.3 Å². The highest BCUT2D eigenvalue weighted by molar-refractivity contribution is 5.94. The molecule has 1 amide bonds. The van der Waals surface area contributed by atoms with E-state index in [9.17, 15) is 13.6 Å². The fraction of sp³-hybridized carbons (Fsp3) is 0.188. The Morgan fingerprint density at radius 1 is 1.10 bits per heavy atom. The molecule has 0 aliphatic rings. The topological polar surface area (TPSA) is 38.3 Å². The molecule has 110 valence electrons. The van der Waals surface area contributed by atoms with Gasteiger partial charge in [0.25, 0.3) is 5.91 Å². The zero-order chi connectivity index (χ0) is 15.2. The summed E-state index contributed by atoms with van der Waals surface area (Å²) in [5.74, 6) is -0.0819. The van der Waals surface area contributed by atoms with Gasteiger partial charge in [-0.3, -0.25) is 4.79 Å². The number of aryl methyl sites for hydroxylation is 1. The predicted octanol–water partition coefficient (Wildman–Crippen LogP) is 3.53. The number of benzene rings is 2. The van der Waals surface area contributed by atoms with Crippen molar-refractivity contribution in [2.75, 3.05) is 0 Å². The molecular formula is C16H15F2NO2. The van der Waals surface area contributed by atoms with Gasteiger partial charge in [0.1, 0.15) is 5.75 Å². The Morgan fingerprint density at radius 2 is 1.71 bits per heavy atom. The number of rotatable bonds is 5. The van der Waals surface area contributed by atoms with Crippen molar-refractivity contribution in [3.05, 3.63) is 65.2 Å². The van der Waals surface area contributed by atoms with E-state index in [1.54, 1.807) is 24.3 Å². The second kappa shape index (κ2) is 6.83. The maximum atomic E-state index is 12.0. The average molecular weight is 291 g/mol. The molecule has 3 nitrogen and oxygen atoms in total. The first-order chi connectivity index (χ1) is 10.0. The van der Waals surface area contributed by atoms with Crippen LogP contribution in [0.15, 0.2) is 48.5 Å². The molecule has 2 aromatic rings. The Kier molecular flexibility index (Phi) is 4.87. The van der Waals surface area contributed by atoms with Gasteiger partial charge in [-0.25, -0.2) is 0 Å². The molecule has 0 radical (unpaired) electrons. The lowest BCUT2D eigenvalue weighted by Gasteiger charge is -2.07. The largest absolute Gasteiger partial charge is 0.435 e. The SMILES string of the molecule is Cc1ccc(C(=O)NCc2ccc(OC(F)F)cc2)cc1. The van der Waals surface area contributed by atoms with Gasteiger partial charge in [0.2, 0.25) is 0 Å². The van der Waals surface area contributed by atoms with Gasteiger partial charge in [-0.1, -0.05) is 29.8 Å². The highest BCUT2D eigenvalue weighted by atomic mass is 19.3. The highest BCUT2D eigenvalue weighted by Gasteiger charge is 2.06. The Balaban J connectivity index is 1.90. The van der Waals surface area contributed by atoms with E-state index in [1.165, 1.54) is 12.1 Å². The molecule has 0 aromatic heterocycles. The van der Waals surface area contributed by atoms with E-state index in [-0.39, 0.29) is 11.7 Å². The third kappa shape index (κ3) is 4.56. The lowest BCUT2D eigenvalue weighted by molar-refractivity contribution is -0.0498. The summed E-state index contributed by atoms with van der Waals surface area (Å²) >= 11 is 0. The number of hydrogen-bond acceptors (Lipinski definition) is 2. The molecule has 0 heterocycles. The van der Waals surface area contributed by atoms with Crippen LogP contribution in [-0.2, 0) is 6.54 Å². The van der Waals surface area contributed by atoms with Crippen molar-refractivity contribution in [3.8, 4) is 5.75 Å². The summed E-state index contributed by atoms with van der Waals surface area (Å²) in [4.78, 5) is 11.9. The molecule has 21 heavy (non-hydrogen) atoms. The summed E-state index contributed by atoms with van der Waals surface area (Å²) in [5, 5.41) is 2.77. The van der Waals surface area contributed by atoms with Crippen LogP contribution in [0.4, 0.5) is 8.78 Å². The van der Waals surface area contributed by atoms with Crippen LogP contribution in [0.5, 0.6) is 5.75 Å². The zero-order valence-corrected chi connectivity index (χ0v) is 11.5. The number of amides is 1. The van der Waals surface area contributed by atoms with Crippen LogP contribution < -0.4 is 10.1 Å². The third-order valence-electron chi connectivity index (χ3n) is 2.92. The van der Waals surface area contributed by atoms with Gasteiger partial charge < -0.3 is 10.1 Å². The maximum Gasteiger partial charge on any atom is 0.387 e. The van der Waals surface area contributed by atoms with E-state index in [4.69, 9.17) is 0 Å². The number of nitrogens with one attached hydrogen (secondary N) is 1. The van der Waals surface area contributed by atoms with Crippen molar-refractivity contribution in [1.82, 2.24) is 5.32 Å². The molecule has 0 fully saturated rings. The number of carbonyl (C=O) groups excluding carboxylic acids is 1. The monoisotopic (exact) mass is 291 g/mol. The van der Waals surface area contributed by atoms with Crippen LogP contribution in [0.1, 0.15) is 21.5 Å². The number of hydrogen-bond donors (Lipinski definition) is 1. The lowest BCUT2D eigenvalue weighted by atomic mass is 10.1. The van der Waals surface area contributed by atoms with Gasteiger partial charge in [0.05, 0.1) is 0 Å². The fourth-order valence-electron chi connectivity index (χ4n) is 1.78. The molecule has 2 aromatic carbocycles. The molecule has 0 bridgehead atoms. The number of ether oxygens (including phenoxy) is 1. The predicted molar refractivity (Wildman–Crippen MR) is 75.4 cm³/mol. The summed E-state index contributed by atoms with van der Waals surface area (Å²) in [7, 11) is 0. The van der Waals surface area contributed by atoms with Gasteiger partial charge in [-0.2, -0.15) is 8.78 Å². The van der Waals surface area contributed by atoms with Crippen molar-refractivity contribution in [3.63, 3.8) is 0 Å². The molecular weight excluding hydrogens is 276 g/mol. The summed E-state index contributed by atoms with van der Waals surface area (Å²) in [6.07, 6.45) is 0. The van der Waals surface area contributed by atoms with Gasteiger partial charge in [0, 0.05) is 12.1 Å². The number of alkyl halides is 2. The normalized spacial score (nSPS) is 10.5. The summed E-state index contributed by atoms with van der Waals surface area (Å²) < 4.78 is 28.3. The Bertz CT molecular complexity index is 595. The Morgan fingerprint density at radius 3 is 2.29 bits per heavy atom. The van der Waals surface area contributed by atoms with Gasteiger partial charge in [0.15, 0.2) is 0 Å². The third-order valence-corrected chi connectivity index (χ3v) is 2.92. The van der Waals surface area contributed by atoms with Crippen LogP contribution in [0.2, 0.25) is 0 Å². The minimum atomic E-state index is -2.84. The molecule has 1 N–H and O–H groups in total. The summed E-state index contributed by atoms with van der Waals surface area (Å²) in [6, 6.07) is 13.4. The van der Waals surface area contributed by atoms with E-state index in [1.807, 2.05) is 19.1 Å². The van der Waals surface area contributed by atoms with Crippen LogP contribution in [-0.4, -0.2) is 12.5 Å². The van der Waals surface area contributed by atoms with Crippen LogP contribution in [0.25, 0.3) is 0 Å². The smallest absolute Gasteiger partial charge is 0.387 e. The standard InChI is InChI=1S/C16H15F2NO2/c1-11-2-6-13(7-3-11)15(20)19-10-12-4-8-14(9-5-12)21-16(17)18/h2-9,16H,10H2,1H3,(H,19,20). The molecule has 5 heteroatoms. The summed E-state index contributed by atoms with van der Waals surface area (Å²) in [6.45, 7) is -0.566. The minimum absolute atomic E-state index is 0.0959. The molecule has 0 saturated carbocycles. The lowest BCUT2D eigenvalue weighted by Crippen LogP contribution is -2.22. The van der Waals surface area contributed by atoms with Crippen molar-refractivity contribution >= 4 is 5.91 Å². The van der Waals surface area contributed by atoms with Gasteiger partial charge >= 0.3 is 6.61 Å². The molecule has 0 saturated heterocycles. The number of halogens is 2. The summed E-state index contributed by atoms with van der Waals surface area (Å²) in [5.41, 5.74) is 2.47. The molecule has 2 rings (SSSR count). The van der Waals surface area contributed by atoms with E-state index in [0.717, 1.165) is 11.1 Å².